The van der Waals surface area contributed by atoms with Crippen LogP contribution in [0.1, 0.15) is 37.7 Å². The Hall–Kier alpha value is -4.50. The van der Waals surface area contributed by atoms with Crippen molar-refractivity contribution in [3.8, 4) is 0 Å². The van der Waals surface area contributed by atoms with Crippen LogP contribution in [0.2, 0.25) is 0 Å². The van der Waals surface area contributed by atoms with Gasteiger partial charge in [0.1, 0.15) is 18.1 Å². The van der Waals surface area contributed by atoms with E-state index in [2.05, 4.69) is 20.9 Å². The molecule has 15 heteroatoms. The van der Waals surface area contributed by atoms with Gasteiger partial charge in [-0.2, -0.15) is 0 Å². The lowest BCUT2D eigenvalue weighted by Crippen LogP contribution is -2.58. The van der Waals surface area contributed by atoms with Crippen molar-refractivity contribution in [2.75, 3.05) is 6.54 Å². The normalized spacial score (nSPS) is 13.9. The third-order valence-corrected chi connectivity index (χ3v) is 6.10. The lowest BCUT2D eigenvalue weighted by molar-refractivity contribution is -0.143. The maximum absolute atomic E-state index is 13.2. The summed E-state index contributed by atoms with van der Waals surface area (Å²) in [5, 5.41) is 17.2. The average Bonchev–Trinajstić information content (AvgIpc) is 3.29. The molecule has 0 radical (unpaired) electrons. The Morgan fingerprint density at radius 3 is 2.02 bits per heavy atom. The number of carbonyl (C=O) groups excluding carboxylic acids is 5. The molecule has 0 spiro atoms. The lowest BCUT2D eigenvalue weighted by atomic mass is 10.0. The van der Waals surface area contributed by atoms with Gasteiger partial charge in [-0.05, 0) is 31.0 Å². The highest BCUT2D eigenvalue weighted by atomic mass is 16.4. The maximum Gasteiger partial charge on any atom is 0.326 e. The summed E-state index contributed by atoms with van der Waals surface area (Å²) in [4.78, 5) is 76.6. The second-order valence-corrected chi connectivity index (χ2v) is 9.32. The fourth-order valence-corrected chi connectivity index (χ4v) is 4.00. The minimum atomic E-state index is -1.65. The highest BCUT2D eigenvalue weighted by Crippen LogP contribution is 2.19. The summed E-state index contributed by atoms with van der Waals surface area (Å²) in [6.45, 7) is 0.420. The lowest BCUT2D eigenvalue weighted by Gasteiger charge is -2.24. The van der Waals surface area contributed by atoms with E-state index in [1.165, 1.54) is 0 Å². The van der Waals surface area contributed by atoms with Crippen molar-refractivity contribution in [2.24, 2.45) is 22.9 Å². The molecule has 0 saturated carbocycles. The van der Waals surface area contributed by atoms with Crippen LogP contribution in [0.5, 0.6) is 0 Å². The Labute approximate surface area is 229 Å². The van der Waals surface area contributed by atoms with E-state index < -0.39 is 72.5 Å². The van der Waals surface area contributed by atoms with E-state index in [0.717, 1.165) is 10.9 Å². The molecule has 0 bridgehead atoms. The molecule has 13 N–H and O–H groups in total. The minimum absolute atomic E-state index is 0.111. The zero-order valence-corrected chi connectivity index (χ0v) is 21.9. The predicted molar refractivity (Wildman–Crippen MR) is 144 cm³/mol. The van der Waals surface area contributed by atoms with Crippen molar-refractivity contribution in [3.63, 3.8) is 0 Å². The fraction of sp³-hybridized carbons (Fsp3) is 0.440. The smallest absolute Gasteiger partial charge is 0.326 e. The van der Waals surface area contributed by atoms with Gasteiger partial charge in [0.05, 0.1) is 18.9 Å². The number of carboxylic acids is 1. The van der Waals surface area contributed by atoms with Gasteiger partial charge in [0, 0.05) is 23.5 Å². The van der Waals surface area contributed by atoms with Crippen molar-refractivity contribution >= 4 is 46.4 Å². The van der Waals surface area contributed by atoms with Crippen molar-refractivity contribution < 1.29 is 33.9 Å². The van der Waals surface area contributed by atoms with E-state index in [-0.39, 0.29) is 12.8 Å². The van der Waals surface area contributed by atoms with Gasteiger partial charge < -0.3 is 49.0 Å². The number of nitrogens with two attached hydrogens (primary N) is 4. The molecule has 1 aromatic carbocycles. The molecule has 4 atom stereocenters. The molecule has 0 aliphatic carbocycles. The molecular weight excluding hydrogens is 524 g/mol. The van der Waals surface area contributed by atoms with Gasteiger partial charge in [-0.25, -0.2) is 4.79 Å². The number of nitrogens with one attached hydrogen (secondary N) is 4. The zero-order valence-electron chi connectivity index (χ0n) is 21.9. The van der Waals surface area contributed by atoms with E-state index in [0.29, 0.717) is 24.9 Å². The number of aromatic nitrogens is 1. The molecule has 2 rings (SSSR count). The summed E-state index contributed by atoms with van der Waals surface area (Å²) in [6, 6.07) is 1.67. The van der Waals surface area contributed by atoms with Crippen molar-refractivity contribution in [1.82, 2.24) is 20.9 Å². The molecule has 15 nitrogen and oxygen atoms in total. The molecule has 0 aliphatic rings. The van der Waals surface area contributed by atoms with E-state index in [9.17, 15) is 33.9 Å². The predicted octanol–water partition coefficient (Wildman–Crippen LogP) is -2.54. The standard InChI is InChI=1S/C25H36N8O7/c26-8-4-3-6-15(27)22(36)31-18(10-20(28)34)24(38)32-17(23(37)33-19(25(39)40)11-21(29)35)9-13-12-30-16-7-2-1-5-14(13)16/h1-2,5,7,12,15,17-19,30H,3-4,6,8-11,26-27H2,(H2,28,34)(H2,29,35)(H,31,36)(H,32,38)(H,33,37)(H,39,40). The largest absolute Gasteiger partial charge is 0.480 e. The van der Waals surface area contributed by atoms with Crippen molar-refractivity contribution in [2.45, 2.75) is 62.7 Å². The summed E-state index contributed by atoms with van der Waals surface area (Å²) < 4.78 is 0. The summed E-state index contributed by atoms with van der Waals surface area (Å²) in [6.07, 6.45) is 1.74. The first kappa shape index (κ1) is 31.7. The third-order valence-electron chi connectivity index (χ3n) is 6.10. The number of hydrogen-bond donors (Lipinski definition) is 9. The fourth-order valence-electron chi connectivity index (χ4n) is 4.00. The molecule has 5 amide bonds. The molecular formula is C25H36N8O7. The van der Waals surface area contributed by atoms with Gasteiger partial charge in [0.25, 0.3) is 0 Å². The van der Waals surface area contributed by atoms with Gasteiger partial charge in [0.2, 0.25) is 29.5 Å². The SMILES string of the molecule is NCCCCC(N)C(=O)NC(CC(N)=O)C(=O)NC(Cc1c[nH]c2ccccc12)C(=O)NC(CC(N)=O)C(=O)O. The Bertz CT molecular complexity index is 1230. The first-order chi connectivity index (χ1) is 18.9. The summed E-state index contributed by atoms with van der Waals surface area (Å²) in [7, 11) is 0. The molecule has 218 valence electrons. The van der Waals surface area contributed by atoms with Crippen LogP contribution in [-0.2, 0) is 35.2 Å². The minimum Gasteiger partial charge on any atom is -0.480 e. The monoisotopic (exact) mass is 560 g/mol. The Morgan fingerprint density at radius 2 is 1.40 bits per heavy atom. The quantitative estimate of drug-likeness (QED) is 0.0920. The summed E-state index contributed by atoms with van der Waals surface area (Å²) in [5.41, 5.74) is 23.1. The van der Waals surface area contributed by atoms with Crippen LogP contribution in [-0.4, -0.2) is 76.3 Å². The van der Waals surface area contributed by atoms with Crippen molar-refractivity contribution in [1.29, 1.82) is 0 Å². The van der Waals surface area contributed by atoms with E-state index in [1.54, 1.807) is 30.5 Å². The Kier molecular flexibility index (Phi) is 12.0. The van der Waals surface area contributed by atoms with Crippen LogP contribution in [0.3, 0.4) is 0 Å². The molecule has 0 fully saturated rings. The van der Waals surface area contributed by atoms with Gasteiger partial charge in [-0.15, -0.1) is 0 Å². The van der Waals surface area contributed by atoms with Gasteiger partial charge in [-0.1, -0.05) is 24.6 Å². The van der Waals surface area contributed by atoms with E-state index in [1.807, 2.05) is 0 Å². The number of aromatic amines is 1. The first-order valence-electron chi connectivity index (χ1n) is 12.6. The van der Waals surface area contributed by atoms with Gasteiger partial charge in [-0.3, -0.25) is 24.0 Å². The number of hydrogen-bond acceptors (Lipinski definition) is 8. The van der Waals surface area contributed by atoms with E-state index in [4.69, 9.17) is 22.9 Å². The summed E-state index contributed by atoms with van der Waals surface area (Å²) in [5.74, 6) is -5.94. The Morgan fingerprint density at radius 1 is 0.825 bits per heavy atom. The zero-order chi connectivity index (χ0) is 29.8. The van der Waals surface area contributed by atoms with Crippen LogP contribution in [0, 0.1) is 0 Å². The number of aliphatic carboxylic acids is 1. The molecule has 1 heterocycles. The summed E-state index contributed by atoms with van der Waals surface area (Å²) >= 11 is 0. The van der Waals surface area contributed by atoms with Crippen LogP contribution >= 0.6 is 0 Å². The van der Waals surface area contributed by atoms with Crippen LogP contribution in [0.15, 0.2) is 30.5 Å². The maximum atomic E-state index is 13.2. The second kappa shape index (κ2) is 15.2. The molecule has 1 aromatic heterocycles. The topological polar surface area (TPSA) is 279 Å². The highest BCUT2D eigenvalue weighted by Gasteiger charge is 2.32. The number of amides is 5. The highest BCUT2D eigenvalue weighted by molar-refractivity contribution is 5.97. The van der Waals surface area contributed by atoms with Gasteiger partial charge >= 0.3 is 5.97 Å². The molecule has 0 saturated heterocycles. The Balaban J connectivity index is 2.30. The van der Waals surface area contributed by atoms with Crippen LogP contribution in [0.25, 0.3) is 10.9 Å². The van der Waals surface area contributed by atoms with Gasteiger partial charge in [0.15, 0.2) is 0 Å². The molecule has 4 unspecified atom stereocenters. The number of unbranched alkanes of at least 4 members (excludes halogenated alkanes) is 1. The number of rotatable bonds is 17. The average molecular weight is 561 g/mol. The number of primary amides is 2. The molecule has 40 heavy (non-hydrogen) atoms. The van der Waals surface area contributed by atoms with Crippen LogP contribution < -0.4 is 38.9 Å². The third kappa shape index (κ3) is 9.67. The molecule has 2 aromatic rings. The number of H-pyrrole nitrogens is 1. The van der Waals surface area contributed by atoms with Crippen molar-refractivity contribution in [3.05, 3.63) is 36.0 Å². The first-order valence-corrected chi connectivity index (χ1v) is 12.6. The van der Waals surface area contributed by atoms with Crippen LogP contribution in [0.4, 0.5) is 0 Å². The van der Waals surface area contributed by atoms with E-state index >= 15 is 0 Å². The number of carboxylic acid groups (broad SMARTS) is 1. The number of para-hydroxylation sites is 1. The number of carbonyl (C=O) groups is 6. The second-order valence-electron chi connectivity index (χ2n) is 9.32. The number of fused-ring (bicyclic) bond motifs is 1. The number of benzene rings is 1. The molecule has 0 aliphatic heterocycles.